The van der Waals surface area contributed by atoms with Gasteiger partial charge in [0, 0.05) is 86.6 Å². The van der Waals surface area contributed by atoms with Crippen LogP contribution in [0.25, 0.3) is 232 Å². The molecule has 8 nitrogen and oxygen atoms in total. The van der Waals surface area contributed by atoms with Crippen LogP contribution >= 0.6 is 0 Å². The van der Waals surface area contributed by atoms with Crippen molar-refractivity contribution < 1.29 is 0 Å². The Morgan fingerprint density at radius 2 is 0.608 bits per heavy atom. The van der Waals surface area contributed by atoms with E-state index in [-0.39, 0.29) is 5.41 Å². The van der Waals surface area contributed by atoms with E-state index in [1.807, 2.05) is 0 Å². The molecule has 0 spiro atoms. The molecule has 0 bridgehead atoms. The highest BCUT2D eigenvalue weighted by Gasteiger charge is 2.41. The van der Waals surface area contributed by atoms with Gasteiger partial charge in [0.2, 0.25) is 11.9 Å². The molecule has 8 heteroatoms. The molecular weight excluding hydrogens is 1460 g/mol. The van der Waals surface area contributed by atoms with Crippen molar-refractivity contribution in [2.75, 3.05) is 0 Å². The van der Waals surface area contributed by atoms with Crippen LogP contribution < -0.4 is 0 Å². The fourth-order valence-corrected chi connectivity index (χ4v) is 21.5. The number of fused-ring (bicyclic) bond motifs is 27. The summed E-state index contributed by atoms with van der Waals surface area (Å²) in [6.07, 6.45) is 0. The molecule has 0 atom stereocenters. The molecule has 2 aliphatic rings. The summed E-state index contributed by atoms with van der Waals surface area (Å²) in [5.74, 6) is 1.19. The molecule has 0 fully saturated rings. The van der Waals surface area contributed by atoms with E-state index in [4.69, 9.17) is 19.9 Å². The number of aromatic nitrogens is 8. The van der Waals surface area contributed by atoms with E-state index in [1.54, 1.807) is 0 Å². The van der Waals surface area contributed by atoms with Crippen molar-refractivity contribution in [3.8, 4) is 90.3 Å². The van der Waals surface area contributed by atoms with Gasteiger partial charge in [0.15, 0.2) is 0 Å². The number of hydrogen-bond acceptors (Lipinski definition) is 4. The van der Waals surface area contributed by atoms with Crippen LogP contribution in [0.3, 0.4) is 0 Å². The van der Waals surface area contributed by atoms with Gasteiger partial charge in [-0.2, -0.15) is 0 Å². The van der Waals surface area contributed by atoms with Gasteiger partial charge in [-0.3, -0.25) is 9.13 Å². The van der Waals surface area contributed by atoms with E-state index in [0.717, 1.165) is 143 Å². The Kier molecular flexibility index (Phi) is 13.7. The zero-order chi connectivity index (χ0) is 79.1. The smallest absolute Gasteiger partial charge is 0.235 e. The maximum atomic E-state index is 6.01. The molecule has 0 N–H and O–H groups in total. The normalized spacial score (nSPS) is 13.5. The van der Waals surface area contributed by atoms with Gasteiger partial charge in [-0.25, -0.2) is 19.9 Å². The average molecular weight is 1530 g/mol. The predicted molar refractivity (Wildman–Crippen MR) is 499 cm³/mol. The Morgan fingerprint density at radius 1 is 0.208 bits per heavy atom. The lowest BCUT2D eigenvalue weighted by molar-refractivity contribution is 0.660. The van der Waals surface area contributed by atoms with Crippen LogP contribution in [0.15, 0.2) is 364 Å². The first-order valence-electron chi connectivity index (χ1n) is 41.6. The Bertz CT molecular complexity index is 8560. The van der Waals surface area contributed by atoms with Crippen LogP contribution in [0.4, 0.5) is 0 Å². The average Bonchev–Trinajstić information content (AvgIpc) is 1.54. The van der Waals surface area contributed by atoms with Gasteiger partial charge in [-0.15, -0.1) is 0 Å². The lowest BCUT2D eigenvalue weighted by Gasteiger charge is -2.21. The second-order valence-electron chi connectivity index (χ2n) is 33.9. The van der Waals surface area contributed by atoms with Crippen molar-refractivity contribution in [1.82, 2.24) is 38.2 Å². The first-order chi connectivity index (χ1) is 59.1. The highest BCUT2D eigenvalue weighted by molar-refractivity contribution is 6.30. The minimum absolute atomic E-state index is 0.255. The van der Waals surface area contributed by atoms with Crippen molar-refractivity contribution in [3.05, 3.63) is 386 Å². The summed E-state index contributed by atoms with van der Waals surface area (Å²) in [4.78, 5) is 23.5. The second kappa shape index (κ2) is 24.6. The van der Waals surface area contributed by atoms with Crippen LogP contribution in [-0.4, -0.2) is 38.2 Å². The first kappa shape index (κ1) is 66.9. The van der Waals surface area contributed by atoms with E-state index < -0.39 is 5.41 Å². The molecule has 0 amide bonds. The molecule has 2 aliphatic carbocycles. The highest BCUT2D eigenvalue weighted by atomic mass is 15.2. The van der Waals surface area contributed by atoms with Gasteiger partial charge in [0.05, 0.1) is 77.9 Å². The van der Waals surface area contributed by atoms with Gasteiger partial charge in [-0.05, 0) is 167 Å². The first-order valence-corrected chi connectivity index (χ1v) is 41.6. The van der Waals surface area contributed by atoms with Crippen LogP contribution in [-0.2, 0) is 10.8 Å². The molecule has 0 aliphatic heterocycles. The molecule has 0 saturated heterocycles. The van der Waals surface area contributed by atoms with Crippen LogP contribution in [0.1, 0.15) is 49.9 Å². The van der Waals surface area contributed by atoms with Crippen molar-refractivity contribution >= 4 is 141 Å². The highest BCUT2D eigenvalue weighted by Crippen LogP contribution is 2.58. The molecule has 0 saturated carbocycles. The Labute approximate surface area is 690 Å². The number of rotatable bonds is 8. The fourth-order valence-electron chi connectivity index (χ4n) is 21.5. The third kappa shape index (κ3) is 9.24. The maximum Gasteiger partial charge on any atom is 0.235 e. The van der Waals surface area contributed by atoms with E-state index in [9.17, 15) is 0 Å². The lowest BCUT2D eigenvalue weighted by atomic mass is 9.82. The zero-order valence-corrected chi connectivity index (χ0v) is 66.2. The van der Waals surface area contributed by atoms with Gasteiger partial charge >= 0.3 is 0 Å². The fraction of sp³-hybridized carbons (Fsp3) is 0.0536. The summed E-state index contributed by atoms with van der Waals surface area (Å²) in [5.41, 5.74) is 30.2. The molecule has 0 unspecified atom stereocenters. The summed E-state index contributed by atoms with van der Waals surface area (Å²) in [6.45, 7) is 9.58. The molecule has 120 heavy (non-hydrogen) atoms. The third-order valence-corrected chi connectivity index (χ3v) is 27.0. The lowest BCUT2D eigenvalue weighted by Crippen LogP contribution is -2.14. The van der Waals surface area contributed by atoms with Gasteiger partial charge in [-0.1, -0.05) is 313 Å². The van der Waals surface area contributed by atoms with Gasteiger partial charge in [0.25, 0.3) is 0 Å². The van der Waals surface area contributed by atoms with Crippen molar-refractivity contribution in [2.45, 2.75) is 38.5 Å². The largest absolute Gasteiger partial charge is 0.309 e. The number of hydrogen-bond donors (Lipinski definition) is 0. The minimum atomic E-state index is -0.393. The molecule has 6 heterocycles. The Balaban J connectivity index is 0.729. The predicted octanol–water partition coefficient (Wildman–Crippen LogP) is 28.7. The number of para-hydroxylation sites is 5. The van der Waals surface area contributed by atoms with E-state index in [1.165, 1.54) is 98.5 Å². The summed E-state index contributed by atoms with van der Waals surface area (Å²) >= 11 is 0. The molecule has 6 aromatic heterocycles. The van der Waals surface area contributed by atoms with Gasteiger partial charge < -0.3 is 9.13 Å². The molecule has 24 aromatic rings. The van der Waals surface area contributed by atoms with Crippen molar-refractivity contribution in [3.63, 3.8) is 0 Å². The van der Waals surface area contributed by atoms with Gasteiger partial charge in [0.1, 0.15) is 0 Å². The van der Waals surface area contributed by atoms with Crippen molar-refractivity contribution in [1.29, 1.82) is 0 Å². The van der Waals surface area contributed by atoms with Crippen LogP contribution in [0, 0.1) is 0 Å². The standard InChI is InChI=1S/C112H72N8/c1-111(2)85-40-20-14-38-81(85)101-87(111)56-58-95-105(101)103-79-36-12-10-34-77(79)97(117-91-42-22-16-30-73(91)74-31-17-23-43-92(74)117)63-99(103)120(95)110-114-90-62-71(52-54-83(90)108(116-110)72-51-48-66-28-8-9-29-69(66)60-72)70-53-55-86-84(61-70)102-88(112(86,3)4)57-59-96-106(102)104-80-37-13-11-35-78(80)98(118-93-44-24-18-32-75(93)76-33-19-25-45-94(76)118)64-100(104)119(96)109-113-89-41-21-15-39-82(89)107(115-109)68-49-46-67(47-50-68)65-26-6-5-7-27-65/h5-64H,1-4H3. The van der Waals surface area contributed by atoms with Crippen molar-refractivity contribution in [2.24, 2.45) is 0 Å². The van der Waals surface area contributed by atoms with E-state index in [2.05, 4.69) is 410 Å². The Hall–Kier alpha value is -15.4. The maximum absolute atomic E-state index is 6.01. The number of nitrogens with zero attached hydrogens (tertiary/aromatic N) is 8. The Morgan fingerprint density at radius 3 is 1.19 bits per heavy atom. The molecule has 26 rings (SSSR count). The quantitative estimate of drug-likeness (QED) is 0.152. The third-order valence-electron chi connectivity index (χ3n) is 27.0. The molecule has 18 aromatic carbocycles. The molecule has 560 valence electrons. The molecule has 0 radical (unpaired) electrons. The topological polar surface area (TPSA) is 71.3 Å². The van der Waals surface area contributed by atoms with E-state index in [0.29, 0.717) is 11.9 Å². The second-order valence-corrected chi connectivity index (χ2v) is 33.9. The molecular formula is C112H72N8. The van der Waals surface area contributed by atoms with E-state index >= 15 is 0 Å². The van der Waals surface area contributed by atoms with Crippen LogP contribution in [0.5, 0.6) is 0 Å². The number of benzene rings is 18. The SMILES string of the molecule is CC1(C)c2ccc(-c3ccc4c(-c5ccc6ccccc6c5)nc(-n5c6ccc7c(c6c6c8ccccc8c(-n8c9ccccc9c9ccccc98)cc65)-c5ccccc5C7(C)C)nc4c3)cc2-c2c1ccc1c2c2c3ccccc3c(-n3c4ccccc4c4ccccc43)cc2n1-c1nc(-c2ccc(-c3ccccc3)cc2)c2ccccc2n1. The summed E-state index contributed by atoms with van der Waals surface area (Å²) < 4.78 is 9.74. The summed E-state index contributed by atoms with van der Waals surface area (Å²) in [7, 11) is 0. The summed E-state index contributed by atoms with van der Waals surface area (Å²) in [5, 5.41) is 18.4. The zero-order valence-electron chi connectivity index (χ0n) is 66.2. The minimum Gasteiger partial charge on any atom is -0.309 e. The van der Waals surface area contributed by atoms with Crippen LogP contribution in [0.2, 0.25) is 0 Å². The monoisotopic (exact) mass is 1530 g/mol. The summed E-state index contributed by atoms with van der Waals surface area (Å²) in [6, 6.07) is 134.